The second kappa shape index (κ2) is 8.36. The number of nitrogens with zero attached hydrogens (tertiary/aromatic N) is 3. The van der Waals surface area contributed by atoms with E-state index < -0.39 is 35.7 Å². The number of nitrogens with one attached hydrogen (secondary N) is 1. The minimum Gasteiger partial charge on any atom is -0.426 e. The van der Waals surface area contributed by atoms with E-state index in [1.165, 1.54) is 6.08 Å². The largest absolute Gasteiger partial charge is 0.426 e. The lowest BCUT2D eigenvalue weighted by Gasteiger charge is -2.28. The van der Waals surface area contributed by atoms with Crippen LogP contribution in [0.15, 0.2) is 29.8 Å². The van der Waals surface area contributed by atoms with Crippen molar-refractivity contribution in [3.63, 3.8) is 0 Å². The van der Waals surface area contributed by atoms with Crippen molar-refractivity contribution in [3.8, 4) is 0 Å². The molecule has 0 spiro atoms. The highest BCUT2D eigenvalue weighted by Gasteiger charge is 2.40. The molecule has 1 aromatic heterocycles. The number of carbonyl (C=O) groups excluding carboxylic acids is 2. The van der Waals surface area contributed by atoms with E-state index >= 15 is 0 Å². The molecular weight excluding hydrogens is 393 g/mol. The van der Waals surface area contributed by atoms with Gasteiger partial charge >= 0.3 is 18.2 Å². The van der Waals surface area contributed by atoms with Crippen molar-refractivity contribution in [3.05, 3.63) is 35.6 Å². The summed E-state index contributed by atoms with van der Waals surface area (Å²) < 4.78 is 44.2. The standard InChI is InChI=1S/C18H23F3N4O4/c1-5-12-6-7-17(28,8-13(12)29-14(26)10(2)3)15-24-22-9-25(15)16(27)23-11(4)18(19,20)21/h6,8-11,28H,5,7H2,1-4H3,(H,23,27). The van der Waals surface area contributed by atoms with Gasteiger partial charge in [-0.3, -0.25) is 4.79 Å². The Kier molecular flexibility index (Phi) is 6.51. The number of allylic oxidation sites excluding steroid dienone is 1. The van der Waals surface area contributed by atoms with Crippen LogP contribution in [0.2, 0.25) is 0 Å². The molecule has 1 heterocycles. The van der Waals surface area contributed by atoms with Gasteiger partial charge in [-0.05, 0) is 25.0 Å². The van der Waals surface area contributed by atoms with Gasteiger partial charge in [0.25, 0.3) is 0 Å². The lowest BCUT2D eigenvalue weighted by molar-refractivity contribution is -0.148. The van der Waals surface area contributed by atoms with E-state index in [1.54, 1.807) is 25.2 Å². The molecule has 2 N–H and O–H groups in total. The average molecular weight is 416 g/mol. The van der Waals surface area contributed by atoms with Gasteiger partial charge in [-0.1, -0.05) is 26.8 Å². The topological polar surface area (TPSA) is 106 Å². The Labute approximate surface area is 165 Å². The highest BCUT2D eigenvalue weighted by Crippen LogP contribution is 2.35. The number of hydrogen-bond donors (Lipinski definition) is 2. The van der Waals surface area contributed by atoms with Crippen molar-refractivity contribution in [1.29, 1.82) is 0 Å². The van der Waals surface area contributed by atoms with Crippen molar-refractivity contribution in [2.24, 2.45) is 5.92 Å². The maximum absolute atomic E-state index is 12.7. The summed E-state index contributed by atoms with van der Waals surface area (Å²) in [5.74, 6) is -1.12. The third-order valence-electron chi connectivity index (χ3n) is 4.39. The van der Waals surface area contributed by atoms with Crippen LogP contribution in [0.1, 0.15) is 46.4 Å². The molecule has 0 bridgehead atoms. The van der Waals surface area contributed by atoms with Crippen LogP contribution in [0.5, 0.6) is 0 Å². The molecule has 8 nitrogen and oxygen atoms in total. The van der Waals surface area contributed by atoms with Crippen LogP contribution in [0.4, 0.5) is 18.0 Å². The summed E-state index contributed by atoms with van der Waals surface area (Å²) in [7, 11) is 0. The lowest BCUT2D eigenvalue weighted by atomic mass is 9.89. The van der Waals surface area contributed by atoms with Gasteiger partial charge in [0, 0.05) is 6.42 Å². The molecule has 1 aromatic rings. The molecule has 2 rings (SSSR count). The molecule has 2 atom stereocenters. The van der Waals surface area contributed by atoms with Crippen LogP contribution >= 0.6 is 0 Å². The van der Waals surface area contributed by atoms with E-state index in [9.17, 15) is 27.9 Å². The number of aromatic nitrogens is 3. The Balaban J connectivity index is 2.36. The molecule has 29 heavy (non-hydrogen) atoms. The predicted molar refractivity (Wildman–Crippen MR) is 95.4 cm³/mol. The molecule has 0 aromatic carbocycles. The molecule has 1 amide bonds. The van der Waals surface area contributed by atoms with Crippen LogP contribution < -0.4 is 5.32 Å². The molecule has 1 aliphatic carbocycles. The normalized spacial score (nSPS) is 20.7. The zero-order valence-corrected chi connectivity index (χ0v) is 16.4. The van der Waals surface area contributed by atoms with Crippen LogP contribution in [0.3, 0.4) is 0 Å². The van der Waals surface area contributed by atoms with Crippen molar-refractivity contribution in [2.75, 3.05) is 0 Å². The van der Waals surface area contributed by atoms with Crippen molar-refractivity contribution >= 4 is 12.0 Å². The number of rotatable bonds is 5. The summed E-state index contributed by atoms with van der Waals surface area (Å²) in [4.78, 5) is 24.3. The summed E-state index contributed by atoms with van der Waals surface area (Å²) in [5, 5.41) is 20.1. The Hall–Kier alpha value is -2.69. The molecule has 160 valence electrons. The summed E-state index contributed by atoms with van der Waals surface area (Å²) in [6.07, 6.45) is -0.393. The van der Waals surface area contributed by atoms with E-state index in [0.717, 1.165) is 13.3 Å². The molecule has 1 aliphatic rings. The van der Waals surface area contributed by atoms with Gasteiger partial charge in [0.2, 0.25) is 0 Å². The zero-order valence-electron chi connectivity index (χ0n) is 16.4. The van der Waals surface area contributed by atoms with Gasteiger partial charge < -0.3 is 15.2 Å². The summed E-state index contributed by atoms with van der Waals surface area (Å²) in [6.45, 7) is 5.92. The first-order valence-corrected chi connectivity index (χ1v) is 9.03. The highest BCUT2D eigenvalue weighted by atomic mass is 19.4. The van der Waals surface area contributed by atoms with Gasteiger partial charge in [0.15, 0.2) is 11.4 Å². The molecule has 2 unspecified atom stereocenters. The number of halogens is 3. The third kappa shape index (κ3) is 5.03. The Morgan fingerprint density at radius 2 is 2.03 bits per heavy atom. The Morgan fingerprint density at radius 3 is 2.59 bits per heavy atom. The molecule has 0 aliphatic heterocycles. The second-order valence-electron chi connectivity index (χ2n) is 7.03. The van der Waals surface area contributed by atoms with Gasteiger partial charge in [-0.15, -0.1) is 10.2 Å². The fourth-order valence-corrected chi connectivity index (χ4v) is 2.56. The lowest BCUT2D eigenvalue weighted by Crippen LogP contribution is -2.46. The van der Waals surface area contributed by atoms with E-state index in [4.69, 9.17) is 4.74 Å². The first-order chi connectivity index (χ1) is 13.4. The summed E-state index contributed by atoms with van der Waals surface area (Å²) >= 11 is 0. The minimum absolute atomic E-state index is 0.0281. The molecule has 0 radical (unpaired) electrons. The number of esters is 1. The van der Waals surface area contributed by atoms with Crippen LogP contribution in [-0.2, 0) is 15.1 Å². The van der Waals surface area contributed by atoms with Crippen molar-refractivity contribution < 1.29 is 32.6 Å². The van der Waals surface area contributed by atoms with Gasteiger partial charge in [-0.2, -0.15) is 13.2 Å². The second-order valence-corrected chi connectivity index (χ2v) is 7.03. The molecular formula is C18H23F3N4O4. The van der Waals surface area contributed by atoms with Gasteiger partial charge in [-0.25, -0.2) is 9.36 Å². The fraction of sp³-hybridized carbons (Fsp3) is 0.556. The first kappa shape index (κ1) is 22.6. The summed E-state index contributed by atoms with van der Waals surface area (Å²) in [6, 6.07) is -3.27. The highest BCUT2D eigenvalue weighted by molar-refractivity contribution is 5.78. The fourth-order valence-electron chi connectivity index (χ4n) is 2.56. The smallest absolute Gasteiger partial charge is 0.408 e. The van der Waals surface area contributed by atoms with Gasteiger partial charge in [0.1, 0.15) is 18.1 Å². The number of hydrogen-bond acceptors (Lipinski definition) is 6. The quantitative estimate of drug-likeness (QED) is 0.715. The van der Waals surface area contributed by atoms with E-state index in [1.807, 2.05) is 6.92 Å². The number of carbonyl (C=O) groups is 2. The van der Waals surface area contributed by atoms with Crippen LogP contribution in [-0.4, -0.2) is 44.1 Å². The number of amides is 1. The number of ether oxygens (including phenoxy) is 1. The molecule has 0 fully saturated rings. The number of aliphatic hydroxyl groups is 1. The minimum atomic E-state index is -4.64. The number of alkyl halides is 3. The molecule has 11 heteroatoms. The van der Waals surface area contributed by atoms with Crippen LogP contribution in [0.25, 0.3) is 0 Å². The van der Waals surface area contributed by atoms with Crippen molar-refractivity contribution in [2.45, 2.75) is 58.4 Å². The monoisotopic (exact) mass is 416 g/mol. The predicted octanol–water partition coefficient (Wildman–Crippen LogP) is 2.80. The third-order valence-corrected chi connectivity index (χ3v) is 4.39. The van der Waals surface area contributed by atoms with Gasteiger partial charge in [0.05, 0.1) is 5.92 Å². The molecule has 0 saturated carbocycles. The van der Waals surface area contributed by atoms with Crippen molar-refractivity contribution in [1.82, 2.24) is 20.1 Å². The Morgan fingerprint density at radius 1 is 1.38 bits per heavy atom. The summed E-state index contributed by atoms with van der Waals surface area (Å²) in [5.41, 5.74) is -1.23. The van der Waals surface area contributed by atoms with E-state index in [-0.39, 0.29) is 18.0 Å². The maximum atomic E-state index is 12.7. The SMILES string of the molecule is CCC1=CCC(O)(c2nncn2C(=O)NC(C)C(F)(F)F)C=C1OC(=O)C(C)C. The first-order valence-electron chi connectivity index (χ1n) is 9.03. The van der Waals surface area contributed by atoms with E-state index in [0.29, 0.717) is 16.6 Å². The average Bonchev–Trinajstić information content (AvgIpc) is 3.11. The zero-order chi connectivity index (χ0) is 22.0. The maximum Gasteiger partial charge on any atom is 0.408 e. The Bertz CT molecular complexity index is 844. The molecule has 0 saturated heterocycles. The van der Waals surface area contributed by atoms with E-state index in [2.05, 4.69) is 10.2 Å². The van der Waals surface area contributed by atoms with Crippen LogP contribution in [0, 0.1) is 5.92 Å².